The Kier molecular flexibility index (Phi) is 2.91. The summed E-state index contributed by atoms with van der Waals surface area (Å²) in [5.41, 5.74) is 2.93. The van der Waals surface area contributed by atoms with E-state index in [1.807, 2.05) is 17.0 Å². The van der Waals surface area contributed by atoms with Crippen LogP contribution in [0.4, 0.5) is 0 Å². The second-order valence-corrected chi connectivity index (χ2v) is 4.49. The monoisotopic (exact) mass is 254 g/mol. The van der Waals surface area contributed by atoms with Crippen molar-refractivity contribution in [2.24, 2.45) is 0 Å². The fourth-order valence-electron chi connectivity index (χ4n) is 2.36. The van der Waals surface area contributed by atoms with Crippen LogP contribution in [0.15, 0.2) is 42.6 Å². The van der Waals surface area contributed by atoms with Crippen molar-refractivity contribution in [3.63, 3.8) is 0 Å². The number of pyridine rings is 1. The molecule has 19 heavy (non-hydrogen) atoms. The molecule has 3 rings (SSSR count). The molecule has 0 saturated heterocycles. The first-order chi connectivity index (χ1) is 9.29. The Labute approximate surface area is 111 Å². The number of fused-ring (bicyclic) bond motifs is 1. The van der Waals surface area contributed by atoms with Crippen LogP contribution in [-0.4, -0.2) is 22.9 Å². The van der Waals surface area contributed by atoms with Gasteiger partial charge in [-0.25, -0.2) is 4.98 Å². The minimum Gasteiger partial charge on any atom is -0.480 e. The second-order valence-electron chi connectivity index (χ2n) is 4.49. The summed E-state index contributed by atoms with van der Waals surface area (Å²) < 4.78 is 5.14. The minimum atomic E-state index is -0.0406. The molecule has 0 atom stereocenters. The molecular formula is C15H14N2O2. The van der Waals surface area contributed by atoms with Gasteiger partial charge in [0.25, 0.3) is 5.91 Å². The number of hydrogen-bond acceptors (Lipinski definition) is 3. The summed E-state index contributed by atoms with van der Waals surface area (Å²) in [6.45, 7) is 1.29. The highest BCUT2D eigenvalue weighted by atomic mass is 16.5. The summed E-state index contributed by atoms with van der Waals surface area (Å²) in [6, 6.07) is 11.6. The van der Waals surface area contributed by atoms with Gasteiger partial charge in [0.1, 0.15) is 5.56 Å². The SMILES string of the molecule is COc1ncccc1C(=O)N1Cc2ccccc2C1. The Morgan fingerprint density at radius 2 is 1.84 bits per heavy atom. The lowest BCUT2D eigenvalue weighted by Gasteiger charge is -2.16. The van der Waals surface area contributed by atoms with Gasteiger partial charge in [0.2, 0.25) is 5.88 Å². The molecule has 1 aromatic heterocycles. The molecule has 0 unspecified atom stereocenters. The maximum Gasteiger partial charge on any atom is 0.259 e. The Balaban J connectivity index is 1.87. The van der Waals surface area contributed by atoms with Gasteiger partial charge in [-0.05, 0) is 23.3 Å². The molecule has 96 valence electrons. The first kappa shape index (κ1) is 11.7. The van der Waals surface area contributed by atoms with Crippen LogP contribution < -0.4 is 4.74 Å². The van der Waals surface area contributed by atoms with E-state index in [0.29, 0.717) is 24.5 Å². The summed E-state index contributed by atoms with van der Waals surface area (Å²) in [7, 11) is 1.53. The maximum absolute atomic E-state index is 12.5. The zero-order valence-electron chi connectivity index (χ0n) is 10.7. The Morgan fingerprint density at radius 3 is 2.47 bits per heavy atom. The van der Waals surface area contributed by atoms with E-state index in [1.165, 1.54) is 18.2 Å². The van der Waals surface area contributed by atoms with Gasteiger partial charge in [0, 0.05) is 19.3 Å². The number of rotatable bonds is 2. The summed E-state index contributed by atoms with van der Waals surface area (Å²) in [5, 5.41) is 0. The molecule has 1 amide bonds. The molecule has 0 bridgehead atoms. The predicted molar refractivity (Wildman–Crippen MR) is 70.8 cm³/mol. The maximum atomic E-state index is 12.5. The molecule has 0 fully saturated rings. The van der Waals surface area contributed by atoms with Gasteiger partial charge in [0.15, 0.2) is 0 Å². The van der Waals surface area contributed by atoms with Crippen LogP contribution >= 0.6 is 0 Å². The van der Waals surface area contributed by atoms with Crippen LogP contribution in [0.25, 0.3) is 0 Å². The minimum absolute atomic E-state index is 0.0406. The van der Waals surface area contributed by atoms with Crippen molar-refractivity contribution in [3.8, 4) is 5.88 Å². The van der Waals surface area contributed by atoms with E-state index < -0.39 is 0 Å². The van der Waals surface area contributed by atoms with E-state index in [2.05, 4.69) is 17.1 Å². The molecule has 0 radical (unpaired) electrons. The smallest absolute Gasteiger partial charge is 0.259 e. The van der Waals surface area contributed by atoms with Crippen molar-refractivity contribution < 1.29 is 9.53 Å². The molecule has 0 aliphatic carbocycles. The molecular weight excluding hydrogens is 240 g/mol. The molecule has 2 heterocycles. The van der Waals surface area contributed by atoms with Gasteiger partial charge >= 0.3 is 0 Å². The highest BCUT2D eigenvalue weighted by molar-refractivity contribution is 5.96. The number of carbonyl (C=O) groups is 1. The largest absolute Gasteiger partial charge is 0.480 e. The average molecular weight is 254 g/mol. The summed E-state index contributed by atoms with van der Waals surface area (Å²) in [6.07, 6.45) is 1.62. The third-order valence-electron chi connectivity index (χ3n) is 3.32. The number of benzene rings is 1. The van der Waals surface area contributed by atoms with E-state index in [9.17, 15) is 4.79 Å². The van der Waals surface area contributed by atoms with Crippen LogP contribution in [0.3, 0.4) is 0 Å². The molecule has 1 aliphatic rings. The second kappa shape index (κ2) is 4.72. The third-order valence-corrected chi connectivity index (χ3v) is 3.32. The average Bonchev–Trinajstić information content (AvgIpc) is 2.90. The van der Waals surface area contributed by atoms with E-state index in [4.69, 9.17) is 4.74 Å². The van der Waals surface area contributed by atoms with Crippen molar-refractivity contribution in [1.82, 2.24) is 9.88 Å². The molecule has 0 spiro atoms. The van der Waals surface area contributed by atoms with Crippen molar-refractivity contribution in [3.05, 3.63) is 59.3 Å². The van der Waals surface area contributed by atoms with E-state index in [-0.39, 0.29) is 5.91 Å². The van der Waals surface area contributed by atoms with Crippen molar-refractivity contribution >= 4 is 5.91 Å². The number of amides is 1. The zero-order valence-corrected chi connectivity index (χ0v) is 10.7. The van der Waals surface area contributed by atoms with Gasteiger partial charge in [-0.2, -0.15) is 0 Å². The number of nitrogens with zero attached hydrogens (tertiary/aromatic N) is 2. The first-order valence-corrected chi connectivity index (χ1v) is 6.14. The lowest BCUT2D eigenvalue weighted by molar-refractivity contribution is 0.0747. The third kappa shape index (κ3) is 2.05. The standard InChI is InChI=1S/C15H14N2O2/c1-19-14-13(7-4-8-16-14)15(18)17-9-11-5-2-3-6-12(11)10-17/h2-8H,9-10H2,1H3. The Morgan fingerprint density at radius 1 is 1.16 bits per heavy atom. The number of carbonyl (C=O) groups excluding carboxylic acids is 1. The molecule has 0 N–H and O–H groups in total. The molecule has 4 nitrogen and oxygen atoms in total. The highest BCUT2D eigenvalue weighted by Gasteiger charge is 2.26. The van der Waals surface area contributed by atoms with E-state index >= 15 is 0 Å². The van der Waals surface area contributed by atoms with Crippen LogP contribution in [0.5, 0.6) is 5.88 Å². The fraction of sp³-hybridized carbons (Fsp3) is 0.200. The molecule has 1 aromatic carbocycles. The van der Waals surface area contributed by atoms with Gasteiger partial charge in [-0.1, -0.05) is 24.3 Å². The summed E-state index contributed by atoms with van der Waals surface area (Å²) in [4.78, 5) is 18.4. The van der Waals surface area contributed by atoms with Crippen LogP contribution in [0.2, 0.25) is 0 Å². The number of methoxy groups -OCH3 is 1. The zero-order chi connectivity index (χ0) is 13.2. The summed E-state index contributed by atoms with van der Waals surface area (Å²) in [5.74, 6) is 0.338. The van der Waals surface area contributed by atoms with Gasteiger partial charge in [0.05, 0.1) is 7.11 Å². The molecule has 4 heteroatoms. The van der Waals surface area contributed by atoms with Crippen LogP contribution in [0, 0.1) is 0 Å². The van der Waals surface area contributed by atoms with Gasteiger partial charge < -0.3 is 9.64 Å². The summed E-state index contributed by atoms with van der Waals surface area (Å²) >= 11 is 0. The Bertz CT molecular complexity index is 600. The molecule has 2 aromatic rings. The normalized spacial score (nSPS) is 13.2. The van der Waals surface area contributed by atoms with Crippen molar-refractivity contribution in [2.45, 2.75) is 13.1 Å². The topological polar surface area (TPSA) is 42.4 Å². The van der Waals surface area contributed by atoms with Gasteiger partial charge in [-0.3, -0.25) is 4.79 Å². The number of aromatic nitrogens is 1. The van der Waals surface area contributed by atoms with E-state index in [1.54, 1.807) is 18.3 Å². The fourth-order valence-corrected chi connectivity index (χ4v) is 2.36. The van der Waals surface area contributed by atoms with Crippen LogP contribution in [0.1, 0.15) is 21.5 Å². The number of ether oxygens (including phenoxy) is 1. The van der Waals surface area contributed by atoms with Crippen LogP contribution in [-0.2, 0) is 13.1 Å². The number of hydrogen-bond donors (Lipinski definition) is 0. The first-order valence-electron chi connectivity index (χ1n) is 6.14. The molecule has 1 aliphatic heterocycles. The van der Waals surface area contributed by atoms with Crippen molar-refractivity contribution in [1.29, 1.82) is 0 Å². The highest BCUT2D eigenvalue weighted by Crippen LogP contribution is 2.25. The van der Waals surface area contributed by atoms with Gasteiger partial charge in [-0.15, -0.1) is 0 Å². The molecule has 0 saturated carbocycles. The van der Waals surface area contributed by atoms with Crippen molar-refractivity contribution in [2.75, 3.05) is 7.11 Å². The lowest BCUT2D eigenvalue weighted by Crippen LogP contribution is -2.25. The Hall–Kier alpha value is -2.36. The lowest BCUT2D eigenvalue weighted by atomic mass is 10.1. The predicted octanol–water partition coefficient (Wildman–Crippen LogP) is 2.25. The van der Waals surface area contributed by atoms with E-state index in [0.717, 1.165) is 0 Å². The quantitative estimate of drug-likeness (QED) is 0.825.